The minimum atomic E-state index is 0.117. The van der Waals surface area contributed by atoms with Crippen LogP contribution < -0.4 is 5.32 Å². The molecule has 0 spiro atoms. The molecule has 1 unspecified atom stereocenters. The molecule has 1 saturated heterocycles. The molecule has 0 bridgehead atoms. The minimum absolute atomic E-state index is 0.117. The number of ether oxygens (including phenoxy) is 1. The Morgan fingerprint density at radius 3 is 3.15 bits per heavy atom. The predicted octanol–water partition coefficient (Wildman–Crippen LogP) is 0.447. The fourth-order valence-electron chi connectivity index (χ4n) is 2.19. The zero-order valence-electron chi connectivity index (χ0n) is 11.5. The fourth-order valence-corrected chi connectivity index (χ4v) is 2.19. The highest BCUT2D eigenvalue weighted by molar-refractivity contribution is 5.45. The van der Waals surface area contributed by atoms with Crippen molar-refractivity contribution in [2.75, 3.05) is 33.8 Å². The van der Waals surface area contributed by atoms with E-state index in [-0.39, 0.29) is 6.04 Å². The Hall–Kier alpha value is -1.77. The van der Waals surface area contributed by atoms with E-state index in [1.807, 2.05) is 7.05 Å². The first-order chi connectivity index (χ1) is 9.78. The summed E-state index contributed by atoms with van der Waals surface area (Å²) < 4.78 is 15.4. The zero-order valence-corrected chi connectivity index (χ0v) is 11.5. The Kier molecular flexibility index (Phi) is 3.77. The van der Waals surface area contributed by atoms with Crippen molar-refractivity contribution < 1.29 is 13.8 Å². The van der Waals surface area contributed by atoms with Gasteiger partial charge in [-0.1, -0.05) is 10.3 Å². The molecule has 1 N–H and O–H groups in total. The van der Waals surface area contributed by atoms with E-state index in [4.69, 9.17) is 13.8 Å². The number of methoxy groups -OCH3 is 1. The van der Waals surface area contributed by atoms with Crippen molar-refractivity contribution in [2.24, 2.45) is 0 Å². The topological polar surface area (TPSA) is 89.5 Å². The summed E-state index contributed by atoms with van der Waals surface area (Å²) in [6.07, 6.45) is 0. The summed E-state index contributed by atoms with van der Waals surface area (Å²) in [6, 6.07) is 1.86. The molecule has 8 heteroatoms. The first kappa shape index (κ1) is 13.2. The highest BCUT2D eigenvalue weighted by atomic mass is 16.5. The molecule has 20 heavy (non-hydrogen) atoms. The Morgan fingerprint density at radius 2 is 2.35 bits per heavy atom. The van der Waals surface area contributed by atoms with E-state index in [0.29, 0.717) is 29.8 Å². The molecule has 108 valence electrons. The highest BCUT2D eigenvalue weighted by Crippen LogP contribution is 2.22. The van der Waals surface area contributed by atoms with E-state index in [0.717, 1.165) is 19.6 Å². The van der Waals surface area contributed by atoms with E-state index in [1.165, 1.54) is 0 Å². The van der Waals surface area contributed by atoms with Crippen molar-refractivity contribution in [3.05, 3.63) is 17.7 Å². The Labute approximate surface area is 116 Å². The number of rotatable bonds is 4. The van der Waals surface area contributed by atoms with E-state index in [2.05, 4.69) is 25.5 Å². The summed E-state index contributed by atoms with van der Waals surface area (Å²) in [6.45, 7) is 3.10. The monoisotopic (exact) mass is 279 g/mol. The van der Waals surface area contributed by atoms with Gasteiger partial charge in [-0.3, -0.25) is 4.90 Å². The lowest BCUT2D eigenvalue weighted by Crippen LogP contribution is -2.44. The molecule has 0 amide bonds. The third-order valence-electron chi connectivity index (χ3n) is 3.32. The van der Waals surface area contributed by atoms with Gasteiger partial charge in [0.2, 0.25) is 0 Å². The maximum absolute atomic E-state index is 5.26. The van der Waals surface area contributed by atoms with Gasteiger partial charge in [-0.25, -0.2) is 0 Å². The Morgan fingerprint density at radius 1 is 1.45 bits per heavy atom. The van der Waals surface area contributed by atoms with Crippen LogP contribution in [0.2, 0.25) is 0 Å². The average Bonchev–Trinajstić information content (AvgIpc) is 3.08. The Balaban J connectivity index is 1.78. The van der Waals surface area contributed by atoms with E-state index < -0.39 is 0 Å². The molecule has 0 aliphatic carbocycles. The van der Waals surface area contributed by atoms with Gasteiger partial charge in [0.25, 0.3) is 5.89 Å². The van der Waals surface area contributed by atoms with Gasteiger partial charge >= 0.3 is 0 Å². The van der Waals surface area contributed by atoms with Gasteiger partial charge in [0.1, 0.15) is 6.61 Å². The van der Waals surface area contributed by atoms with Crippen LogP contribution in [0.3, 0.4) is 0 Å². The van der Waals surface area contributed by atoms with Crippen molar-refractivity contribution in [2.45, 2.75) is 12.6 Å². The molecule has 8 nitrogen and oxygen atoms in total. The maximum atomic E-state index is 5.26. The van der Waals surface area contributed by atoms with Gasteiger partial charge < -0.3 is 19.1 Å². The van der Waals surface area contributed by atoms with Crippen LogP contribution in [0.1, 0.15) is 17.6 Å². The lowest BCUT2D eigenvalue weighted by Gasteiger charge is -2.30. The SMILES string of the molecule is COCc1cc(-c2nc(C3CNCCN3C)no2)no1. The number of piperazine rings is 1. The molecule has 1 atom stereocenters. The number of hydrogen-bond acceptors (Lipinski definition) is 8. The van der Waals surface area contributed by atoms with Crippen LogP contribution in [0.25, 0.3) is 11.6 Å². The molecule has 2 aromatic rings. The van der Waals surface area contributed by atoms with Crippen molar-refractivity contribution >= 4 is 0 Å². The molecule has 3 heterocycles. The largest absolute Gasteiger partial charge is 0.377 e. The summed E-state index contributed by atoms with van der Waals surface area (Å²) in [5.74, 6) is 1.65. The van der Waals surface area contributed by atoms with Gasteiger partial charge in [-0.2, -0.15) is 4.98 Å². The van der Waals surface area contributed by atoms with Crippen LogP contribution in [0, 0.1) is 0 Å². The third-order valence-corrected chi connectivity index (χ3v) is 3.32. The van der Waals surface area contributed by atoms with Crippen LogP contribution in [0.4, 0.5) is 0 Å². The van der Waals surface area contributed by atoms with E-state index in [1.54, 1.807) is 13.2 Å². The minimum Gasteiger partial charge on any atom is -0.377 e. The molecule has 3 rings (SSSR count). The number of aromatic nitrogens is 3. The number of nitrogens with one attached hydrogen (secondary N) is 1. The van der Waals surface area contributed by atoms with Crippen LogP contribution in [0.15, 0.2) is 15.1 Å². The molecule has 0 aromatic carbocycles. The molecule has 1 fully saturated rings. The van der Waals surface area contributed by atoms with Gasteiger partial charge in [0.05, 0.1) is 6.04 Å². The molecule has 1 aliphatic heterocycles. The van der Waals surface area contributed by atoms with Gasteiger partial charge in [-0.05, 0) is 7.05 Å². The predicted molar refractivity (Wildman–Crippen MR) is 68.7 cm³/mol. The van der Waals surface area contributed by atoms with Crippen LogP contribution >= 0.6 is 0 Å². The van der Waals surface area contributed by atoms with Crippen molar-refractivity contribution in [1.82, 2.24) is 25.5 Å². The summed E-state index contributed by atoms with van der Waals surface area (Å²) in [7, 11) is 3.65. The second-order valence-electron chi connectivity index (χ2n) is 4.77. The average molecular weight is 279 g/mol. The zero-order chi connectivity index (χ0) is 13.9. The van der Waals surface area contributed by atoms with Gasteiger partial charge in [0.15, 0.2) is 17.3 Å². The van der Waals surface area contributed by atoms with Crippen LogP contribution in [-0.2, 0) is 11.3 Å². The Bertz CT molecular complexity index is 567. The summed E-state index contributed by atoms with van der Waals surface area (Å²) >= 11 is 0. The van der Waals surface area contributed by atoms with Crippen molar-refractivity contribution in [1.29, 1.82) is 0 Å². The molecule has 2 aromatic heterocycles. The normalized spacial score (nSPS) is 20.4. The van der Waals surface area contributed by atoms with E-state index in [9.17, 15) is 0 Å². The maximum Gasteiger partial charge on any atom is 0.280 e. The molecular weight excluding hydrogens is 262 g/mol. The third kappa shape index (κ3) is 2.58. The molecule has 0 radical (unpaired) electrons. The second kappa shape index (κ2) is 5.70. The quantitative estimate of drug-likeness (QED) is 0.862. The summed E-state index contributed by atoms with van der Waals surface area (Å²) in [4.78, 5) is 6.60. The molecular formula is C12H17N5O3. The lowest BCUT2D eigenvalue weighted by atomic mass is 10.2. The molecule has 1 aliphatic rings. The first-order valence-electron chi connectivity index (χ1n) is 6.47. The smallest absolute Gasteiger partial charge is 0.280 e. The second-order valence-corrected chi connectivity index (χ2v) is 4.77. The van der Waals surface area contributed by atoms with Crippen molar-refractivity contribution in [3.8, 4) is 11.6 Å². The highest BCUT2D eigenvalue weighted by Gasteiger charge is 2.26. The van der Waals surface area contributed by atoms with Gasteiger partial charge in [0, 0.05) is 32.8 Å². The summed E-state index contributed by atoms with van der Waals surface area (Å²) in [5.41, 5.74) is 0.530. The standard InChI is InChI=1S/C12H17N5O3/c1-17-4-3-13-6-10(17)11-14-12(20-16-11)9-5-8(7-18-2)19-15-9/h5,10,13H,3-4,6-7H2,1-2H3. The molecule has 0 saturated carbocycles. The van der Waals surface area contributed by atoms with Crippen LogP contribution in [0.5, 0.6) is 0 Å². The summed E-state index contributed by atoms with van der Waals surface area (Å²) in [5, 5.41) is 11.3. The van der Waals surface area contributed by atoms with Crippen LogP contribution in [-0.4, -0.2) is 54.0 Å². The lowest BCUT2D eigenvalue weighted by molar-refractivity contribution is 0.156. The first-order valence-corrected chi connectivity index (χ1v) is 6.47. The number of likely N-dealkylation sites (N-methyl/N-ethyl adjacent to an activating group) is 1. The van der Waals surface area contributed by atoms with Crippen molar-refractivity contribution in [3.63, 3.8) is 0 Å². The number of hydrogen-bond donors (Lipinski definition) is 1. The number of nitrogens with zero attached hydrogens (tertiary/aromatic N) is 4. The fraction of sp³-hybridized carbons (Fsp3) is 0.583. The van der Waals surface area contributed by atoms with Gasteiger partial charge in [-0.15, -0.1) is 0 Å². The van der Waals surface area contributed by atoms with E-state index >= 15 is 0 Å².